The lowest BCUT2D eigenvalue weighted by molar-refractivity contribution is 0.456. The summed E-state index contributed by atoms with van der Waals surface area (Å²) in [6.45, 7) is -0.154. The minimum Gasteiger partial charge on any atom is -0.284 e. The molecule has 0 saturated heterocycles. The molecule has 1 aromatic heterocycles. The van der Waals surface area contributed by atoms with E-state index in [-0.39, 0.29) is 22.0 Å². The molecule has 5 nitrogen and oxygen atoms in total. The van der Waals surface area contributed by atoms with Crippen LogP contribution in [0.25, 0.3) is 0 Å². The zero-order chi connectivity index (χ0) is 14.0. The average molecular weight is 304 g/mol. The Morgan fingerprint density at radius 1 is 1.47 bits per heavy atom. The number of halogens is 2. The van der Waals surface area contributed by atoms with Gasteiger partial charge in [0, 0.05) is 30.4 Å². The van der Waals surface area contributed by atoms with Gasteiger partial charge in [-0.25, -0.2) is 12.8 Å². The maximum Gasteiger partial charge on any atom is 0.246 e. The number of aromatic nitrogens is 2. The van der Waals surface area contributed by atoms with Gasteiger partial charge >= 0.3 is 0 Å². The number of nitrogens with one attached hydrogen (secondary N) is 1. The molecule has 0 spiro atoms. The molecule has 0 saturated carbocycles. The molecule has 2 rings (SSSR count). The van der Waals surface area contributed by atoms with E-state index >= 15 is 0 Å². The van der Waals surface area contributed by atoms with Crippen LogP contribution in [0, 0.1) is 5.82 Å². The first-order valence-corrected chi connectivity index (χ1v) is 7.12. The zero-order valence-electron chi connectivity index (χ0n) is 9.97. The van der Waals surface area contributed by atoms with E-state index in [2.05, 4.69) is 10.2 Å². The number of rotatable bonds is 4. The summed E-state index contributed by atoms with van der Waals surface area (Å²) in [5, 5.41) is 6.19. The lowest BCUT2D eigenvalue weighted by Gasteiger charge is -2.17. The van der Waals surface area contributed by atoms with E-state index in [1.165, 1.54) is 37.6 Å². The zero-order valence-corrected chi connectivity index (χ0v) is 11.5. The topological polar surface area (TPSA) is 66.1 Å². The number of sulfonamides is 1. The summed E-state index contributed by atoms with van der Waals surface area (Å²) in [4.78, 5) is 0.0162. The molecule has 0 unspecified atom stereocenters. The molecular weight excluding hydrogens is 293 g/mol. The molecule has 0 atom stereocenters. The molecule has 0 aliphatic rings. The Morgan fingerprint density at radius 2 is 2.21 bits per heavy atom. The number of hydrogen-bond donors (Lipinski definition) is 1. The first kappa shape index (κ1) is 14.0. The van der Waals surface area contributed by atoms with Crippen molar-refractivity contribution in [3.8, 4) is 0 Å². The molecule has 102 valence electrons. The van der Waals surface area contributed by atoms with Crippen molar-refractivity contribution in [3.63, 3.8) is 0 Å². The summed E-state index contributed by atoms with van der Waals surface area (Å²) in [5.74, 6) is -0.540. The van der Waals surface area contributed by atoms with Crippen molar-refractivity contribution >= 4 is 21.6 Å². The van der Waals surface area contributed by atoms with Crippen molar-refractivity contribution < 1.29 is 12.8 Å². The quantitative estimate of drug-likeness (QED) is 0.939. The van der Waals surface area contributed by atoms with Crippen molar-refractivity contribution in [3.05, 3.63) is 47.0 Å². The second kappa shape index (κ2) is 5.28. The molecule has 0 amide bonds. The molecular formula is C11H11ClFN3O2S. The van der Waals surface area contributed by atoms with Crippen LogP contribution in [0.5, 0.6) is 0 Å². The maximum absolute atomic E-state index is 13.6. The minimum absolute atomic E-state index is 0.0162. The summed E-state index contributed by atoms with van der Waals surface area (Å²) in [6.07, 6.45) is 2.45. The van der Waals surface area contributed by atoms with Gasteiger partial charge < -0.3 is 0 Å². The van der Waals surface area contributed by atoms with Crippen LogP contribution in [0.15, 0.2) is 35.5 Å². The fraction of sp³-hybridized carbons (Fsp3) is 0.182. The first-order chi connectivity index (χ1) is 8.93. The van der Waals surface area contributed by atoms with E-state index in [9.17, 15) is 12.8 Å². The standard InChI is InChI=1S/C11H11ClFN3O2S/c1-16(19(17,18)8-5-14-15-6-8)7-9-10(12)3-2-4-11(9)13/h2-6H,7H2,1H3,(H,14,15). The van der Waals surface area contributed by atoms with Gasteiger partial charge in [0.2, 0.25) is 10.0 Å². The maximum atomic E-state index is 13.6. The fourth-order valence-electron chi connectivity index (χ4n) is 1.55. The van der Waals surface area contributed by atoms with Crippen LogP contribution in [0.2, 0.25) is 5.02 Å². The van der Waals surface area contributed by atoms with Crippen LogP contribution in [-0.4, -0.2) is 30.0 Å². The molecule has 1 heterocycles. The van der Waals surface area contributed by atoms with Crippen LogP contribution in [0.3, 0.4) is 0 Å². The molecule has 1 N–H and O–H groups in total. The molecule has 2 aromatic rings. The predicted octanol–water partition coefficient (Wildman–Crippen LogP) is 2.02. The number of aromatic amines is 1. The van der Waals surface area contributed by atoms with Gasteiger partial charge in [0.15, 0.2) is 0 Å². The number of H-pyrrole nitrogens is 1. The summed E-state index contributed by atoms with van der Waals surface area (Å²) in [6, 6.07) is 4.21. The summed E-state index contributed by atoms with van der Waals surface area (Å²) in [7, 11) is -2.36. The van der Waals surface area contributed by atoms with Crippen molar-refractivity contribution in [1.29, 1.82) is 0 Å². The second-order valence-corrected chi connectivity index (χ2v) is 6.35. The van der Waals surface area contributed by atoms with Crippen LogP contribution in [0.4, 0.5) is 4.39 Å². The van der Waals surface area contributed by atoms with Crippen LogP contribution in [-0.2, 0) is 16.6 Å². The van der Waals surface area contributed by atoms with Crippen molar-refractivity contribution in [2.45, 2.75) is 11.4 Å². The van der Waals surface area contributed by atoms with E-state index < -0.39 is 15.8 Å². The van der Waals surface area contributed by atoms with Gasteiger partial charge in [-0.2, -0.15) is 9.40 Å². The Labute approximate surface area is 115 Å². The highest BCUT2D eigenvalue weighted by atomic mass is 35.5. The van der Waals surface area contributed by atoms with Gasteiger partial charge in [-0.3, -0.25) is 5.10 Å². The third-order valence-corrected chi connectivity index (χ3v) is 4.75. The van der Waals surface area contributed by atoms with Gasteiger partial charge in [-0.15, -0.1) is 0 Å². The van der Waals surface area contributed by atoms with Gasteiger partial charge in [0.1, 0.15) is 10.7 Å². The number of hydrogen-bond acceptors (Lipinski definition) is 3. The minimum atomic E-state index is -3.71. The van der Waals surface area contributed by atoms with Crippen molar-refractivity contribution in [1.82, 2.24) is 14.5 Å². The predicted molar refractivity (Wildman–Crippen MR) is 68.7 cm³/mol. The lowest BCUT2D eigenvalue weighted by atomic mass is 10.2. The van der Waals surface area contributed by atoms with E-state index in [0.29, 0.717) is 0 Å². The Balaban J connectivity index is 2.30. The Kier molecular flexibility index (Phi) is 3.88. The molecule has 19 heavy (non-hydrogen) atoms. The van der Waals surface area contributed by atoms with Crippen molar-refractivity contribution in [2.24, 2.45) is 0 Å². The molecule has 0 fully saturated rings. The molecule has 0 bridgehead atoms. The second-order valence-electron chi connectivity index (χ2n) is 3.90. The third-order valence-electron chi connectivity index (χ3n) is 2.62. The molecule has 0 aliphatic heterocycles. The number of benzene rings is 1. The first-order valence-electron chi connectivity index (χ1n) is 5.31. The summed E-state index contributed by atoms with van der Waals surface area (Å²) < 4.78 is 38.9. The number of nitrogens with zero attached hydrogens (tertiary/aromatic N) is 2. The van der Waals surface area contributed by atoms with E-state index in [0.717, 1.165) is 4.31 Å². The molecule has 0 radical (unpaired) electrons. The van der Waals surface area contributed by atoms with Gasteiger partial charge in [0.05, 0.1) is 6.20 Å². The van der Waals surface area contributed by atoms with Gasteiger partial charge in [-0.1, -0.05) is 17.7 Å². The average Bonchev–Trinajstić information content (AvgIpc) is 2.88. The van der Waals surface area contributed by atoms with Crippen LogP contribution in [0.1, 0.15) is 5.56 Å². The fourth-order valence-corrected chi connectivity index (χ4v) is 2.82. The van der Waals surface area contributed by atoms with Crippen LogP contribution < -0.4 is 0 Å². The van der Waals surface area contributed by atoms with Crippen molar-refractivity contribution in [2.75, 3.05) is 7.05 Å². The van der Waals surface area contributed by atoms with E-state index in [1.54, 1.807) is 0 Å². The van der Waals surface area contributed by atoms with E-state index in [4.69, 9.17) is 11.6 Å². The highest BCUT2D eigenvalue weighted by Gasteiger charge is 2.23. The molecule has 0 aliphatic carbocycles. The smallest absolute Gasteiger partial charge is 0.246 e. The van der Waals surface area contributed by atoms with Crippen LogP contribution >= 0.6 is 11.6 Å². The Bertz CT molecular complexity index is 653. The summed E-state index contributed by atoms with van der Waals surface area (Å²) >= 11 is 5.87. The third kappa shape index (κ3) is 2.78. The Morgan fingerprint density at radius 3 is 2.79 bits per heavy atom. The normalized spacial score (nSPS) is 12.0. The van der Waals surface area contributed by atoms with E-state index in [1.807, 2.05) is 0 Å². The highest BCUT2D eigenvalue weighted by Crippen LogP contribution is 2.23. The largest absolute Gasteiger partial charge is 0.284 e. The van der Waals surface area contributed by atoms with Gasteiger partial charge in [-0.05, 0) is 12.1 Å². The van der Waals surface area contributed by atoms with Gasteiger partial charge in [0.25, 0.3) is 0 Å². The Hall–Kier alpha value is -1.44. The molecule has 1 aromatic carbocycles. The highest BCUT2D eigenvalue weighted by molar-refractivity contribution is 7.89. The SMILES string of the molecule is CN(Cc1c(F)cccc1Cl)S(=O)(=O)c1cn[nH]c1. The monoisotopic (exact) mass is 303 g/mol. The lowest BCUT2D eigenvalue weighted by Crippen LogP contribution is -2.26. The summed E-state index contributed by atoms with van der Waals surface area (Å²) in [5.41, 5.74) is 0.138. The molecule has 8 heteroatoms.